The summed E-state index contributed by atoms with van der Waals surface area (Å²) < 4.78 is 4.62. The van der Waals surface area contributed by atoms with Crippen molar-refractivity contribution in [2.45, 2.75) is 41.5 Å². The van der Waals surface area contributed by atoms with Crippen LogP contribution in [0.2, 0.25) is 0 Å². The van der Waals surface area contributed by atoms with Gasteiger partial charge in [0.25, 0.3) is 0 Å². The predicted octanol–water partition coefficient (Wildman–Crippen LogP) is 2.16. The zero-order valence-electron chi connectivity index (χ0n) is 12.1. The average Bonchev–Trinajstić information content (AvgIpc) is 2.14. The van der Waals surface area contributed by atoms with Crippen molar-refractivity contribution < 1.29 is 84.5 Å². The van der Waals surface area contributed by atoms with Crippen molar-refractivity contribution in [1.82, 2.24) is 0 Å². The van der Waals surface area contributed by atoms with Crippen LogP contribution in [0.1, 0.15) is 41.5 Å². The number of carbonyl (C=O) groups excluding carboxylic acids is 3. The first-order valence-corrected chi connectivity index (χ1v) is 4.93. The largest absolute Gasteiger partial charge is 0.547 e. The van der Waals surface area contributed by atoms with Gasteiger partial charge in [0.15, 0.2) is 5.78 Å². The molecule has 0 atom stereocenters. The van der Waals surface area contributed by atoms with Gasteiger partial charge in [0.2, 0.25) is 0 Å². The second-order valence-electron chi connectivity index (χ2n) is 3.06. The fraction of sp³-hybridized carbons (Fsp3) is 0.583. The Bertz CT molecular complexity index is 202. The van der Waals surface area contributed by atoms with Crippen molar-refractivity contribution in [1.29, 1.82) is 0 Å². The van der Waals surface area contributed by atoms with Gasteiger partial charge in [0.05, 0.1) is 6.61 Å². The number of carbonyl (C=O) groups is 3. The van der Waals surface area contributed by atoms with Crippen LogP contribution < -0.4 is 0 Å². The van der Waals surface area contributed by atoms with E-state index >= 15 is 0 Å². The summed E-state index contributed by atoms with van der Waals surface area (Å²) in [6.07, 6.45) is 1.53. The molecule has 0 aromatic heterocycles. The SMILES string of the molecule is CC(C)=O.C[CH-]C(C)=O.C[CH-]OCC(C)=O.[Y].[Y]. The molecule has 2 radical (unpaired) electrons. The summed E-state index contributed by atoms with van der Waals surface area (Å²) in [4.78, 5) is 29.3. The second-order valence-corrected chi connectivity index (χ2v) is 3.06. The van der Waals surface area contributed by atoms with Crippen LogP contribution in [0.25, 0.3) is 0 Å². The van der Waals surface area contributed by atoms with E-state index in [-0.39, 0.29) is 89.4 Å². The van der Waals surface area contributed by atoms with Crippen LogP contribution in [0, 0.1) is 13.0 Å². The van der Waals surface area contributed by atoms with E-state index in [0.29, 0.717) is 0 Å². The molecular weight excluding hydrogens is 386 g/mol. The Kier molecular flexibility index (Phi) is 46.4. The molecule has 0 fully saturated rings. The summed E-state index contributed by atoms with van der Waals surface area (Å²) in [7, 11) is 0. The first-order valence-electron chi connectivity index (χ1n) is 4.93. The Labute approximate surface area is 161 Å². The molecule has 0 heterocycles. The molecule has 0 spiro atoms. The standard InChI is InChI=1S/C5H9O2.C4H7O.C3H6O.2Y/c1-3-7-4-5(2)6;1-3-4(2)5;1-3(2)4;;/h3H,4H2,1-2H3;3H,1-2H3;1-2H3;;/q2*-1;;;. The van der Waals surface area contributed by atoms with E-state index in [1.807, 2.05) is 0 Å². The van der Waals surface area contributed by atoms with Crippen LogP contribution in [0.4, 0.5) is 0 Å². The Balaban J connectivity index is -0.0000000463. The minimum atomic E-state index is 0. The van der Waals surface area contributed by atoms with E-state index in [2.05, 4.69) is 4.74 Å². The molecule has 0 aliphatic carbocycles. The molecule has 6 heteroatoms. The van der Waals surface area contributed by atoms with Crippen molar-refractivity contribution in [3.05, 3.63) is 13.0 Å². The number of rotatable bonds is 4. The van der Waals surface area contributed by atoms with Crippen LogP contribution in [0.5, 0.6) is 0 Å². The topological polar surface area (TPSA) is 60.4 Å². The molecule has 0 aromatic rings. The van der Waals surface area contributed by atoms with E-state index in [9.17, 15) is 14.4 Å². The fourth-order valence-corrected chi connectivity index (χ4v) is 0.201. The van der Waals surface area contributed by atoms with Gasteiger partial charge < -0.3 is 20.7 Å². The predicted molar refractivity (Wildman–Crippen MR) is 63.6 cm³/mol. The summed E-state index contributed by atoms with van der Waals surface area (Å²) in [6.45, 7) is 11.2. The summed E-state index contributed by atoms with van der Waals surface area (Å²) in [5.74, 6) is 0.350. The summed E-state index contributed by atoms with van der Waals surface area (Å²) in [5.41, 5.74) is 0. The van der Waals surface area contributed by atoms with Crippen LogP contribution in [0.3, 0.4) is 0 Å². The van der Waals surface area contributed by atoms with Crippen molar-refractivity contribution in [2.75, 3.05) is 6.61 Å². The van der Waals surface area contributed by atoms with E-state index in [1.165, 1.54) is 40.7 Å². The third kappa shape index (κ3) is 88.4. The molecular formula is C12H22O4Y2-2. The minimum Gasteiger partial charge on any atom is -0.547 e. The van der Waals surface area contributed by atoms with Gasteiger partial charge in [-0.1, -0.05) is 0 Å². The molecule has 0 aliphatic heterocycles. The Hall–Kier alpha value is 1.05. The molecule has 0 aromatic carbocycles. The molecule has 0 N–H and O–H groups in total. The molecule has 0 amide bonds. The Morgan fingerprint density at radius 3 is 1.28 bits per heavy atom. The number of hydrogen-bond acceptors (Lipinski definition) is 4. The monoisotopic (exact) mass is 408 g/mol. The molecule has 102 valence electrons. The Morgan fingerprint density at radius 2 is 1.22 bits per heavy atom. The number of ether oxygens (including phenoxy) is 1. The molecule has 0 bridgehead atoms. The van der Waals surface area contributed by atoms with Crippen molar-refractivity contribution in [3.63, 3.8) is 0 Å². The summed E-state index contributed by atoms with van der Waals surface area (Å²) in [5, 5.41) is 0. The van der Waals surface area contributed by atoms with Crippen LogP contribution in [-0.2, 0) is 84.5 Å². The average molecular weight is 408 g/mol. The maximum absolute atomic E-state index is 10.1. The smallest absolute Gasteiger partial charge is 0.152 e. The van der Waals surface area contributed by atoms with E-state index in [1.54, 1.807) is 13.8 Å². The number of hydrogen-bond donors (Lipinski definition) is 0. The van der Waals surface area contributed by atoms with E-state index in [4.69, 9.17) is 0 Å². The third-order valence-corrected chi connectivity index (χ3v) is 0.860. The van der Waals surface area contributed by atoms with Gasteiger partial charge in [0, 0.05) is 65.4 Å². The number of ketones is 3. The quantitative estimate of drug-likeness (QED) is 0.670. The molecule has 4 nitrogen and oxygen atoms in total. The normalized spacial score (nSPS) is 6.78. The van der Waals surface area contributed by atoms with Gasteiger partial charge in [-0.15, -0.1) is 0 Å². The van der Waals surface area contributed by atoms with Gasteiger partial charge in [-0.3, -0.25) is 4.79 Å². The zero-order valence-corrected chi connectivity index (χ0v) is 17.8. The molecule has 0 unspecified atom stereocenters. The summed E-state index contributed by atoms with van der Waals surface area (Å²) in [6, 6.07) is 0. The van der Waals surface area contributed by atoms with Gasteiger partial charge in [-0.05, 0) is 33.5 Å². The van der Waals surface area contributed by atoms with E-state index in [0.717, 1.165) is 0 Å². The molecule has 18 heavy (non-hydrogen) atoms. The third-order valence-electron chi connectivity index (χ3n) is 0.860. The van der Waals surface area contributed by atoms with E-state index < -0.39 is 0 Å². The van der Waals surface area contributed by atoms with Crippen LogP contribution in [-0.4, -0.2) is 24.0 Å². The van der Waals surface area contributed by atoms with Gasteiger partial charge >= 0.3 is 0 Å². The first-order chi connectivity index (χ1) is 7.27. The zero-order chi connectivity index (χ0) is 13.6. The molecule has 0 rings (SSSR count). The minimum absolute atomic E-state index is 0. The molecule has 0 saturated heterocycles. The summed E-state index contributed by atoms with van der Waals surface area (Å²) >= 11 is 0. The van der Waals surface area contributed by atoms with Crippen molar-refractivity contribution in [2.24, 2.45) is 0 Å². The van der Waals surface area contributed by atoms with Crippen LogP contribution in [0.15, 0.2) is 0 Å². The van der Waals surface area contributed by atoms with Gasteiger partial charge in [-0.25, -0.2) is 6.61 Å². The van der Waals surface area contributed by atoms with Crippen molar-refractivity contribution in [3.8, 4) is 0 Å². The van der Waals surface area contributed by atoms with Gasteiger partial charge in [-0.2, -0.15) is 13.8 Å². The molecule has 0 saturated carbocycles. The Morgan fingerprint density at radius 1 is 0.944 bits per heavy atom. The maximum Gasteiger partial charge on any atom is 0.152 e. The van der Waals surface area contributed by atoms with Crippen molar-refractivity contribution >= 4 is 17.3 Å². The number of Topliss-reactive ketones (excluding diaryl/α,β-unsaturated/α-hetero) is 3. The van der Waals surface area contributed by atoms with Crippen LogP contribution >= 0.6 is 0 Å². The first kappa shape index (κ1) is 31.4. The second kappa shape index (κ2) is 26.6. The fourth-order valence-electron chi connectivity index (χ4n) is 0.201. The van der Waals surface area contributed by atoms with Gasteiger partial charge in [0.1, 0.15) is 5.78 Å². The molecule has 0 aliphatic rings. The maximum atomic E-state index is 10.1.